The van der Waals surface area contributed by atoms with Gasteiger partial charge in [-0.2, -0.15) is 13.2 Å². The van der Waals surface area contributed by atoms with Crippen LogP contribution in [0.25, 0.3) is 16.7 Å². The van der Waals surface area contributed by atoms with Crippen molar-refractivity contribution in [3.05, 3.63) is 95.6 Å². The van der Waals surface area contributed by atoms with Gasteiger partial charge in [0.15, 0.2) is 0 Å². The first-order chi connectivity index (χ1) is 17.8. The number of benzene rings is 3. The maximum Gasteiger partial charge on any atom is 0.416 e. The van der Waals surface area contributed by atoms with Gasteiger partial charge in [-0.15, -0.1) is 0 Å². The molecule has 6 rings (SSSR count). The fraction of sp³-hybridized carbons (Fsp3) is 0.333. The van der Waals surface area contributed by atoms with Crippen LogP contribution in [0.3, 0.4) is 0 Å². The highest BCUT2D eigenvalue weighted by Crippen LogP contribution is 2.41. The van der Waals surface area contributed by atoms with Crippen LogP contribution in [0.4, 0.5) is 18.9 Å². The molecule has 1 spiro atoms. The molecule has 3 aromatic rings. The first-order valence-corrected chi connectivity index (χ1v) is 12.6. The summed E-state index contributed by atoms with van der Waals surface area (Å²) >= 11 is 0. The van der Waals surface area contributed by atoms with Crippen LogP contribution in [0.1, 0.15) is 47.9 Å². The van der Waals surface area contributed by atoms with Crippen LogP contribution in [0.15, 0.2) is 73.3 Å². The fourth-order valence-corrected chi connectivity index (χ4v) is 5.57. The molecule has 4 nitrogen and oxygen atoms in total. The molecule has 2 fully saturated rings. The Morgan fingerprint density at radius 2 is 1.70 bits per heavy atom. The number of fused-ring (bicyclic) bond motifs is 3. The number of hydrogen-bond donors (Lipinski definition) is 1. The summed E-state index contributed by atoms with van der Waals surface area (Å²) in [5.74, 6) is -0.831. The van der Waals surface area contributed by atoms with Crippen LogP contribution >= 0.6 is 0 Å². The lowest BCUT2D eigenvalue weighted by Gasteiger charge is -2.43. The molecule has 0 bridgehead atoms. The molecule has 37 heavy (non-hydrogen) atoms. The van der Waals surface area contributed by atoms with E-state index < -0.39 is 23.6 Å². The molecule has 2 aliphatic carbocycles. The summed E-state index contributed by atoms with van der Waals surface area (Å²) in [6.45, 7) is 4.60. The van der Waals surface area contributed by atoms with Gasteiger partial charge in [0.2, 0.25) is 5.79 Å². The van der Waals surface area contributed by atoms with Gasteiger partial charge < -0.3 is 10.1 Å². The summed E-state index contributed by atoms with van der Waals surface area (Å²) in [4.78, 5) is 11.6. The van der Waals surface area contributed by atoms with Crippen molar-refractivity contribution in [1.29, 1.82) is 0 Å². The number of ether oxygens (including phenoxy) is 1. The normalized spacial score (nSPS) is 24.9. The monoisotopic (exact) mass is 507 g/mol. The Balaban J connectivity index is 1.04. The van der Waals surface area contributed by atoms with E-state index in [1.165, 1.54) is 28.3 Å². The van der Waals surface area contributed by atoms with E-state index in [4.69, 9.17) is 14.5 Å². The van der Waals surface area contributed by atoms with Crippen LogP contribution in [0.5, 0.6) is 0 Å². The van der Waals surface area contributed by atoms with Crippen molar-refractivity contribution < 1.29 is 27.7 Å². The highest BCUT2D eigenvalue weighted by atomic mass is 19.4. The minimum Gasteiger partial charge on any atom is -0.382 e. The molecule has 1 aliphatic heterocycles. The zero-order valence-electron chi connectivity index (χ0n) is 20.3. The predicted octanol–water partition coefficient (Wildman–Crippen LogP) is 7.39. The Kier molecular flexibility index (Phi) is 6.10. The third-order valence-corrected chi connectivity index (χ3v) is 7.68. The van der Waals surface area contributed by atoms with Crippen LogP contribution in [-0.4, -0.2) is 24.5 Å². The van der Waals surface area contributed by atoms with E-state index in [1.807, 2.05) is 0 Å². The zero-order chi connectivity index (χ0) is 25.6. The van der Waals surface area contributed by atoms with Crippen LogP contribution in [-0.2, 0) is 27.1 Å². The smallest absolute Gasteiger partial charge is 0.382 e. The van der Waals surface area contributed by atoms with E-state index >= 15 is 0 Å². The second kappa shape index (κ2) is 9.31. The van der Waals surface area contributed by atoms with Crippen molar-refractivity contribution in [2.24, 2.45) is 0 Å². The maximum atomic E-state index is 13.0. The molecule has 0 aromatic heterocycles. The zero-order valence-corrected chi connectivity index (χ0v) is 20.3. The predicted molar refractivity (Wildman–Crippen MR) is 136 cm³/mol. The molecule has 192 valence electrons. The van der Waals surface area contributed by atoms with E-state index in [-0.39, 0.29) is 6.04 Å². The van der Waals surface area contributed by atoms with Crippen molar-refractivity contribution in [1.82, 2.24) is 0 Å². The number of halogens is 3. The topological polar surface area (TPSA) is 39.7 Å². The fourth-order valence-electron chi connectivity index (χ4n) is 5.57. The minimum atomic E-state index is -4.36. The Labute approximate surface area is 214 Å². The number of rotatable bonds is 4. The van der Waals surface area contributed by atoms with Gasteiger partial charge in [0.05, 0.1) is 12.2 Å². The van der Waals surface area contributed by atoms with E-state index in [0.717, 1.165) is 29.7 Å². The average Bonchev–Trinajstić information content (AvgIpc) is 3.28. The Morgan fingerprint density at radius 3 is 2.46 bits per heavy atom. The van der Waals surface area contributed by atoms with Gasteiger partial charge >= 0.3 is 6.18 Å². The van der Waals surface area contributed by atoms with Gasteiger partial charge in [-0.05, 0) is 70.9 Å². The third-order valence-electron chi connectivity index (χ3n) is 7.68. The SMILES string of the molecule is C=C(c1ccc2c(c1)Cc1ccccc1-2)C1COC2(CCC(Nc3cccc(C(F)(F)F)c3)CC2)OO1. The lowest BCUT2D eigenvalue weighted by molar-refractivity contribution is -0.483. The number of anilines is 1. The van der Waals surface area contributed by atoms with E-state index in [1.54, 1.807) is 6.07 Å². The molecule has 1 N–H and O–H groups in total. The second-order valence-corrected chi connectivity index (χ2v) is 10.1. The van der Waals surface area contributed by atoms with Crippen LogP contribution < -0.4 is 5.32 Å². The molecule has 3 aromatic carbocycles. The van der Waals surface area contributed by atoms with E-state index in [9.17, 15) is 13.2 Å². The quantitative estimate of drug-likeness (QED) is 0.293. The van der Waals surface area contributed by atoms with Crippen molar-refractivity contribution in [2.75, 3.05) is 11.9 Å². The van der Waals surface area contributed by atoms with Crippen LogP contribution in [0.2, 0.25) is 0 Å². The standard InChI is InChI=1S/C30H28F3NO3/c1-19(20-9-10-27-22(15-20)16-21-5-2-3-8-26(21)27)28-18-35-29(37-36-28)13-11-24(12-14-29)34-25-7-4-6-23(17-25)30(31,32)33/h2-10,15,17,24,28,34H,1,11-14,16,18H2. The first-order valence-electron chi connectivity index (χ1n) is 12.6. The summed E-state index contributed by atoms with van der Waals surface area (Å²) in [6, 6.07) is 20.2. The van der Waals surface area contributed by atoms with Crippen molar-refractivity contribution >= 4 is 11.3 Å². The van der Waals surface area contributed by atoms with Gasteiger partial charge in [0.25, 0.3) is 0 Å². The largest absolute Gasteiger partial charge is 0.416 e. The lowest BCUT2D eigenvalue weighted by atomic mass is 9.89. The van der Waals surface area contributed by atoms with Crippen LogP contribution in [0, 0.1) is 0 Å². The molecule has 3 aliphatic rings. The van der Waals surface area contributed by atoms with Crippen molar-refractivity contribution in [3.63, 3.8) is 0 Å². The highest BCUT2D eigenvalue weighted by Gasteiger charge is 2.43. The van der Waals surface area contributed by atoms with Gasteiger partial charge in [-0.25, -0.2) is 9.78 Å². The highest BCUT2D eigenvalue weighted by molar-refractivity contribution is 5.79. The first kappa shape index (κ1) is 24.2. The molecular weight excluding hydrogens is 479 g/mol. The average molecular weight is 508 g/mol. The molecule has 1 heterocycles. The molecule has 7 heteroatoms. The molecule has 1 saturated heterocycles. The number of hydrogen-bond acceptors (Lipinski definition) is 4. The summed E-state index contributed by atoms with van der Waals surface area (Å²) < 4.78 is 45.2. The summed E-state index contributed by atoms with van der Waals surface area (Å²) in [6.07, 6.45) is -1.31. The maximum absolute atomic E-state index is 13.0. The molecule has 1 saturated carbocycles. The molecule has 0 amide bonds. The van der Waals surface area contributed by atoms with Gasteiger partial charge in [-0.1, -0.05) is 55.1 Å². The van der Waals surface area contributed by atoms with E-state index in [2.05, 4.69) is 54.4 Å². The lowest BCUT2D eigenvalue weighted by Crippen LogP contribution is -2.49. The molecular formula is C30H28F3NO3. The Morgan fingerprint density at radius 1 is 0.919 bits per heavy atom. The van der Waals surface area contributed by atoms with E-state index in [0.29, 0.717) is 38.0 Å². The number of alkyl halides is 3. The van der Waals surface area contributed by atoms with Gasteiger partial charge in [0, 0.05) is 24.6 Å². The summed E-state index contributed by atoms with van der Waals surface area (Å²) in [5, 5.41) is 3.22. The number of nitrogens with one attached hydrogen (secondary N) is 1. The summed E-state index contributed by atoms with van der Waals surface area (Å²) in [7, 11) is 0. The molecule has 0 radical (unpaired) electrons. The third kappa shape index (κ3) is 4.79. The minimum absolute atomic E-state index is 0.0320. The van der Waals surface area contributed by atoms with Crippen molar-refractivity contribution in [3.8, 4) is 11.1 Å². The Hall–Kier alpha value is -3.13. The Bertz CT molecular complexity index is 1320. The second-order valence-electron chi connectivity index (χ2n) is 10.1. The molecule has 1 unspecified atom stereocenters. The summed E-state index contributed by atoms with van der Waals surface area (Å²) in [5.41, 5.74) is 6.79. The van der Waals surface area contributed by atoms with Crippen molar-refractivity contribution in [2.45, 2.75) is 56.2 Å². The van der Waals surface area contributed by atoms with Gasteiger partial charge in [0.1, 0.15) is 6.10 Å². The van der Waals surface area contributed by atoms with Gasteiger partial charge in [-0.3, -0.25) is 0 Å². The molecule has 1 atom stereocenters.